The zero-order chi connectivity index (χ0) is 11.3. The van der Waals surface area contributed by atoms with E-state index in [1.807, 2.05) is 6.08 Å². The van der Waals surface area contributed by atoms with Gasteiger partial charge in [-0.15, -0.1) is 6.58 Å². The van der Waals surface area contributed by atoms with Crippen LogP contribution >= 0.6 is 0 Å². The van der Waals surface area contributed by atoms with E-state index in [9.17, 15) is 4.79 Å². The second-order valence-corrected chi connectivity index (χ2v) is 3.86. The van der Waals surface area contributed by atoms with E-state index in [1.54, 1.807) is 7.05 Å². The molecule has 1 saturated carbocycles. The number of hydrogen-bond donors (Lipinski definition) is 2. The smallest absolute Gasteiger partial charge is 0.404 e. The molecule has 0 saturated heterocycles. The highest BCUT2D eigenvalue weighted by Gasteiger charge is 2.32. The lowest BCUT2D eigenvalue weighted by atomic mass is 9.76. The summed E-state index contributed by atoms with van der Waals surface area (Å²) in [7, 11) is 1.80. The van der Waals surface area contributed by atoms with Gasteiger partial charge in [0.1, 0.15) is 0 Å². The summed E-state index contributed by atoms with van der Waals surface area (Å²) in [5.74, 6) is 0.465. The van der Waals surface area contributed by atoms with E-state index >= 15 is 0 Å². The van der Waals surface area contributed by atoms with Gasteiger partial charge in [0.05, 0.1) is 0 Å². The summed E-state index contributed by atoms with van der Waals surface area (Å²) < 4.78 is 0. The first kappa shape index (κ1) is 11.8. The van der Waals surface area contributed by atoms with E-state index in [0.717, 1.165) is 25.7 Å². The molecule has 0 aliphatic heterocycles. The molecule has 0 aromatic heterocycles. The number of carboxylic acid groups (broad SMARTS) is 1. The molecule has 1 aliphatic carbocycles. The van der Waals surface area contributed by atoms with Crippen LogP contribution in [0, 0.1) is 5.92 Å². The molecule has 2 N–H and O–H groups in total. The van der Waals surface area contributed by atoms with Crippen LogP contribution in [0.15, 0.2) is 17.6 Å². The molecule has 1 aliphatic rings. The normalized spacial score (nSPS) is 25.5. The van der Waals surface area contributed by atoms with E-state index in [-0.39, 0.29) is 6.04 Å². The SMILES string of the molecule is C=CCC/C(=N\C)C1CC(NC(=O)O)C1. The number of nitrogens with one attached hydrogen (secondary N) is 1. The third-order valence-electron chi connectivity index (χ3n) is 2.83. The summed E-state index contributed by atoms with van der Waals surface area (Å²) in [5.41, 5.74) is 1.19. The van der Waals surface area contributed by atoms with E-state index in [4.69, 9.17) is 5.11 Å². The third-order valence-corrected chi connectivity index (χ3v) is 2.83. The minimum absolute atomic E-state index is 0.119. The molecule has 0 bridgehead atoms. The Morgan fingerprint density at radius 2 is 2.33 bits per heavy atom. The molecule has 1 fully saturated rings. The van der Waals surface area contributed by atoms with E-state index < -0.39 is 6.09 Å². The number of allylic oxidation sites excluding steroid dienone is 1. The lowest BCUT2D eigenvalue weighted by molar-refractivity contribution is 0.176. The van der Waals surface area contributed by atoms with Crippen molar-refractivity contribution in [2.75, 3.05) is 7.05 Å². The van der Waals surface area contributed by atoms with Gasteiger partial charge in [-0.3, -0.25) is 4.99 Å². The fraction of sp³-hybridized carbons (Fsp3) is 0.636. The molecule has 4 nitrogen and oxygen atoms in total. The van der Waals surface area contributed by atoms with E-state index in [2.05, 4.69) is 16.9 Å². The highest BCUT2D eigenvalue weighted by Crippen LogP contribution is 2.30. The van der Waals surface area contributed by atoms with Crippen molar-refractivity contribution in [2.45, 2.75) is 31.7 Å². The number of hydrogen-bond acceptors (Lipinski definition) is 2. The molecular formula is C11H18N2O2. The minimum Gasteiger partial charge on any atom is -0.465 e. The van der Waals surface area contributed by atoms with Gasteiger partial charge in [0.25, 0.3) is 0 Å². The number of rotatable bonds is 5. The maximum Gasteiger partial charge on any atom is 0.404 e. The van der Waals surface area contributed by atoms with Crippen molar-refractivity contribution in [3.8, 4) is 0 Å². The van der Waals surface area contributed by atoms with Gasteiger partial charge in [0.2, 0.25) is 0 Å². The van der Waals surface area contributed by atoms with Gasteiger partial charge >= 0.3 is 6.09 Å². The topological polar surface area (TPSA) is 61.7 Å². The van der Waals surface area contributed by atoms with Gasteiger partial charge in [-0.25, -0.2) is 4.79 Å². The molecule has 4 heteroatoms. The molecule has 0 spiro atoms. The molecule has 15 heavy (non-hydrogen) atoms. The van der Waals surface area contributed by atoms with Crippen molar-refractivity contribution < 1.29 is 9.90 Å². The summed E-state index contributed by atoms with van der Waals surface area (Å²) in [5, 5.41) is 11.0. The number of carbonyl (C=O) groups is 1. The standard InChI is InChI=1S/C11H18N2O2/c1-3-4-5-10(12-2)8-6-9(7-8)13-11(14)15/h3,8-9,13H,1,4-7H2,2H3,(H,14,15)/b12-10+. The van der Waals surface area contributed by atoms with Crippen LogP contribution in [-0.4, -0.2) is 30.0 Å². The zero-order valence-corrected chi connectivity index (χ0v) is 9.07. The highest BCUT2D eigenvalue weighted by atomic mass is 16.4. The van der Waals surface area contributed by atoms with Gasteiger partial charge < -0.3 is 10.4 Å². The van der Waals surface area contributed by atoms with E-state index in [0.29, 0.717) is 5.92 Å². The van der Waals surface area contributed by atoms with E-state index in [1.165, 1.54) is 5.71 Å². The molecule has 0 radical (unpaired) electrons. The Balaban J connectivity index is 2.29. The lowest BCUT2D eigenvalue weighted by Crippen LogP contribution is -2.46. The highest BCUT2D eigenvalue weighted by molar-refractivity contribution is 5.87. The predicted octanol–water partition coefficient (Wildman–Crippen LogP) is 2.07. The van der Waals surface area contributed by atoms with Crippen molar-refractivity contribution in [1.82, 2.24) is 5.32 Å². The molecule has 0 aromatic rings. The minimum atomic E-state index is -0.931. The Bertz CT molecular complexity index is 268. The molecule has 1 amide bonds. The van der Waals surface area contributed by atoms with Crippen molar-refractivity contribution in [1.29, 1.82) is 0 Å². The Kier molecular flexibility index (Phi) is 4.34. The largest absolute Gasteiger partial charge is 0.465 e. The quantitative estimate of drug-likeness (QED) is 0.539. The average Bonchev–Trinajstić information content (AvgIpc) is 2.13. The summed E-state index contributed by atoms with van der Waals surface area (Å²) in [6, 6.07) is 0.119. The van der Waals surface area contributed by atoms with Gasteiger partial charge in [0.15, 0.2) is 0 Å². The maximum atomic E-state index is 10.4. The Morgan fingerprint density at radius 3 is 2.80 bits per heavy atom. The summed E-state index contributed by atoms with van der Waals surface area (Å²) in [6.45, 7) is 3.68. The van der Waals surface area contributed by atoms with Crippen LogP contribution in [0.1, 0.15) is 25.7 Å². The molecule has 0 heterocycles. The molecule has 1 rings (SSSR count). The molecule has 0 aromatic carbocycles. The third kappa shape index (κ3) is 3.38. The zero-order valence-electron chi connectivity index (χ0n) is 9.07. The van der Waals surface area contributed by atoms with Crippen molar-refractivity contribution in [3.63, 3.8) is 0 Å². The van der Waals surface area contributed by atoms with Gasteiger partial charge in [-0.1, -0.05) is 6.08 Å². The Hall–Kier alpha value is -1.32. The van der Waals surface area contributed by atoms with Crippen LogP contribution in [0.3, 0.4) is 0 Å². The Morgan fingerprint density at radius 1 is 1.67 bits per heavy atom. The number of aliphatic imine (C=N–C) groups is 1. The van der Waals surface area contributed by atoms with Crippen molar-refractivity contribution >= 4 is 11.8 Å². The number of nitrogens with zero attached hydrogens (tertiary/aromatic N) is 1. The lowest BCUT2D eigenvalue weighted by Gasteiger charge is -2.35. The van der Waals surface area contributed by atoms with Crippen LogP contribution in [0.2, 0.25) is 0 Å². The first-order valence-corrected chi connectivity index (χ1v) is 5.23. The fourth-order valence-electron chi connectivity index (χ4n) is 1.93. The fourth-order valence-corrected chi connectivity index (χ4v) is 1.93. The second kappa shape index (κ2) is 5.53. The van der Waals surface area contributed by atoms with Crippen LogP contribution in [-0.2, 0) is 0 Å². The van der Waals surface area contributed by atoms with Gasteiger partial charge in [0, 0.05) is 24.7 Å². The molecule has 84 valence electrons. The Labute approximate surface area is 90.1 Å². The van der Waals surface area contributed by atoms with Gasteiger partial charge in [-0.05, 0) is 25.7 Å². The second-order valence-electron chi connectivity index (χ2n) is 3.86. The monoisotopic (exact) mass is 210 g/mol. The summed E-state index contributed by atoms with van der Waals surface area (Å²) in [6.07, 6.45) is 4.62. The van der Waals surface area contributed by atoms with Crippen molar-refractivity contribution in [3.05, 3.63) is 12.7 Å². The predicted molar refractivity (Wildman–Crippen MR) is 60.5 cm³/mol. The summed E-state index contributed by atoms with van der Waals surface area (Å²) in [4.78, 5) is 14.6. The van der Waals surface area contributed by atoms with Gasteiger partial charge in [-0.2, -0.15) is 0 Å². The first-order valence-electron chi connectivity index (χ1n) is 5.23. The average molecular weight is 210 g/mol. The van der Waals surface area contributed by atoms with Crippen LogP contribution < -0.4 is 5.32 Å². The molecule has 0 unspecified atom stereocenters. The van der Waals surface area contributed by atoms with Crippen LogP contribution in [0.4, 0.5) is 4.79 Å². The molecule has 0 atom stereocenters. The van der Waals surface area contributed by atoms with Crippen LogP contribution in [0.25, 0.3) is 0 Å². The number of amides is 1. The van der Waals surface area contributed by atoms with Crippen LogP contribution in [0.5, 0.6) is 0 Å². The molecular weight excluding hydrogens is 192 g/mol. The maximum absolute atomic E-state index is 10.4. The van der Waals surface area contributed by atoms with Crippen molar-refractivity contribution in [2.24, 2.45) is 10.9 Å². The summed E-state index contributed by atoms with van der Waals surface area (Å²) >= 11 is 0. The first-order chi connectivity index (χ1) is 7.17.